The Hall–Kier alpha value is -1.12. The Morgan fingerprint density at radius 2 is 2.27 bits per heavy atom. The monoisotopic (exact) mass is 203 g/mol. The van der Waals surface area contributed by atoms with Crippen LogP contribution in [0.15, 0.2) is 36.9 Å². The van der Waals surface area contributed by atoms with Gasteiger partial charge < -0.3 is 5.11 Å². The van der Waals surface area contributed by atoms with Crippen LogP contribution in [0.3, 0.4) is 0 Å². The van der Waals surface area contributed by atoms with Gasteiger partial charge in [-0.15, -0.1) is 6.58 Å². The van der Waals surface area contributed by atoms with Crippen molar-refractivity contribution in [1.82, 2.24) is 4.90 Å². The van der Waals surface area contributed by atoms with Crippen molar-refractivity contribution in [2.45, 2.75) is 12.5 Å². The second-order valence-corrected chi connectivity index (χ2v) is 3.93. The highest BCUT2D eigenvalue weighted by Crippen LogP contribution is 2.28. The van der Waals surface area contributed by atoms with Crippen LogP contribution in [-0.4, -0.2) is 29.7 Å². The number of rotatable bonds is 3. The number of benzene rings is 1. The van der Waals surface area contributed by atoms with E-state index in [2.05, 4.69) is 29.7 Å². The minimum absolute atomic E-state index is 0.146. The molecule has 0 bridgehead atoms. The molecule has 2 heteroatoms. The first-order valence-corrected chi connectivity index (χ1v) is 5.40. The molecular formula is C13H17NO. The molecule has 0 saturated heterocycles. The largest absolute Gasteiger partial charge is 0.394 e. The summed E-state index contributed by atoms with van der Waals surface area (Å²) < 4.78 is 0. The molecule has 15 heavy (non-hydrogen) atoms. The maximum Gasteiger partial charge on any atom is 0.0628 e. The van der Waals surface area contributed by atoms with Crippen LogP contribution in [0.2, 0.25) is 0 Å². The van der Waals surface area contributed by atoms with E-state index in [4.69, 9.17) is 0 Å². The number of fused-ring (bicyclic) bond motifs is 1. The number of hydrogen-bond donors (Lipinski definition) is 1. The molecule has 1 atom stereocenters. The average molecular weight is 203 g/mol. The number of aliphatic hydroxyl groups excluding tert-OH is 1. The van der Waals surface area contributed by atoms with Gasteiger partial charge in [-0.3, -0.25) is 4.90 Å². The van der Waals surface area contributed by atoms with Gasteiger partial charge in [0, 0.05) is 13.1 Å². The van der Waals surface area contributed by atoms with Crippen LogP contribution in [0.4, 0.5) is 0 Å². The first kappa shape index (κ1) is 10.4. The van der Waals surface area contributed by atoms with E-state index in [1.165, 1.54) is 11.1 Å². The Bertz CT molecular complexity index is 348. The van der Waals surface area contributed by atoms with E-state index < -0.39 is 0 Å². The van der Waals surface area contributed by atoms with E-state index in [9.17, 15) is 5.11 Å². The standard InChI is InChI=1S/C13H17NO/c1-2-8-14-9-7-11-5-3-4-6-12(11)13(14)10-15/h2-6,13,15H,1,7-10H2. The molecule has 0 aromatic heterocycles. The fraction of sp³-hybridized carbons (Fsp3) is 0.385. The van der Waals surface area contributed by atoms with E-state index >= 15 is 0 Å². The molecule has 80 valence electrons. The second-order valence-electron chi connectivity index (χ2n) is 3.93. The molecule has 1 aliphatic heterocycles. The quantitative estimate of drug-likeness (QED) is 0.757. The van der Waals surface area contributed by atoms with Gasteiger partial charge >= 0.3 is 0 Å². The number of nitrogens with zero attached hydrogens (tertiary/aromatic N) is 1. The van der Waals surface area contributed by atoms with Crippen LogP contribution in [-0.2, 0) is 6.42 Å². The van der Waals surface area contributed by atoms with Crippen LogP contribution in [0.25, 0.3) is 0 Å². The summed E-state index contributed by atoms with van der Waals surface area (Å²) in [5.41, 5.74) is 2.64. The van der Waals surface area contributed by atoms with E-state index in [0.717, 1.165) is 19.5 Å². The zero-order valence-electron chi connectivity index (χ0n) is 8.89. The van der Waals surface area contributed by atoms with Crippen molar-refractivity contribution in [1.29, 1.82) is 0 Å². The van der Waals surface area contributed by atoms with Gasteiger partial charge in [0.1, 0.15) is 0 Å². The Kier molecular flexibility index (Phi) is 3.19. The third-order valence-electron chi connectivity index (χ3n) is 3.06. The lowest BCUT2D eigenvalue weighted by Gasteiger charge is -2.35. The van der Waals surface area contributed by atoms with E-state index in [0.29, 0.717) is 0 Å². The summed E-state index contributed by atoms with van der Waals surface area (Å²) in [6, 6.07) is 8.53. The maximum atomic E-state index is 9.46. The summed E-state index contributed by atoms with van der Waals surface area (Å²) in [5.74, 6) is 0. The Labute approximate surface area is 90.8 Å². The normalized spacial score (nSPS) is 21.0. The van der Waals surface area contributed by atoms with Gasteiger partial charge in [-0.2, -0.15) is 0 Å². The molecule has 1 aromatic carbocycles. The Morgan fingerprint density at radius 3 is 3.00 bits per heavy atom. The second kappa shape index (κ2) is 4.60. The third-order valence-corrected chi connectivity index (χ3v) is 3.06. The van der Waals surface area contributed by atoms with Crippen LogP contribution >= 0.6 is 0 Å². The summed E-state index contributed by atoms with van der Waals surface area (Å²) >= 11 is 0. The molecule has 1 heterocycles. The summed E-state index contributed by atoms with van der Waals surface area (Å²) in [6.45, 7) is 5.80. The molecule has 1 aliphatic rings. The van der Waals surface area contributed by atoms with Crippen LogP contribution in [0.5, 0.6) is 0 Å². The van der Waals surface area contributed by atoms with Gasteiger partial charge in [0.05, 0.1) is 12.6 Å². The lowest BCUT2D eigenvalue weighted by molar-refractivity contribution is 0.126. The predicted octanol–water partition coefficient (Wildman–Crippen LogP) is 1.76. The summed E-state index contributed by atoms with van der Waals surface area (Å²) in [5, 5.41) is 9.46. The minimum Gasteiger partial charge on any atom is -0.394 e. The highest BCUT2D eigenvalue weighted by Gasteiger charge is 2.25. The van der Waals surface area contributed by atoms with Gasteiger partial charge in [0.15, 0.2) is 0 Å². The lowest BCUT2D eigenvalue weighted by Crippen LogP contribution is -2.37. The highest BCUT2D eigenvalue weighted by molar-refractivity contribution is 5.32. The SMILES string of the molecule is C=CCN1CCc2ccccc2C1CO. The third kappa shape index (κ3) is 1.96. The Balaban J connectivity index is 2.29. The zero-order valence-corrected chi connectivity index (χ0v) is 8.89. The van der Waals surface area contributed by atoms with Gasteiger partial charge in [0.25, 0.3) is 0 Å². The topological polar surface area (TPSA) is 23.5 Å². The van der Waals surface area contributed by atoms with Crippen molar-refractivity contribution < 1.29 is 5.11 Å². The van der Waals surface area contributed by atoms with Gasteiger partial charge in [-0.05, 0) is 17.5 Å². The van der Waals surface area contributed by atoms with E-state index in [-0.39, 0.29) is 12.6 Å². The van der Waals surface area contributed by atoms with Crippen LogP contribution in [0.1, 0.15) is 17.2 Å². The first-order valence-electron chi connectivity index (χ1n) is 5.40. The molecule has 0 fully saturated rings. The van der Waals surface area contributed by atoms with E-state index in [1.807, 2.05) is 12.1 Å². The molecule has 0 saturated carbocycles. The Morgan fingerprint density at radius 1 is 1.47 bits per heavy atom. The molecule has 0 aliphatic carbocycles. The van der Waals surface area contributed by atoms with Crippen LogP contribution in [0, 0.1) is 0 Å². The maximum absolute atomic E-state index is 9.46. The van der Waals surface area contributed by atoms with Crippen molar-refractivity contribution in [2.24, 2.45) is 0 Å². The molecule has 0 spiro atoms. The number of aliphatic hydroxyl groups is 1. The van der Waals surface area contributed by atoms with E-state index in [1.54, 1.807) is 0 Å². The van der Waals surface area contributed by atoms with Crippen LogP contribution < -0.4 is 0 Å². The van der Waals surface area contributed by atoms with Gasteiger partial charge in [0.2, 0.25) is 0 Å². The molecule has 1 unspecified atom stereocenters. The summed E-state index contributed by atoms with van der Waals surface area (Å²) in [6.07, 6.45) is 2.97. The van der Waals surface area contributed by atoms with Gasteiger partial charge in [-0.1, -0.05) is 30.3 Å². The van der Waals surface area contributed by atoms with Gasteiger partial charge in [-0.25, -0.2) is 0 Å². The predicted molar refractivity (Wildman–Crippen MR) is 61.7 cm³/mol. The molecule has 2 rings (SSSR count). The molecular weight excluding hydrogens is 186 g/mol. The van der Waals surface area contributed by atoms with Crippen molar-refractivity contribution in [3.8, 4) is 0 Å². The lowest BCUT2D eigenvalue weighted by atomic mass is 9.93. The van der Waals surface area contributed by atoms with Crippen molar-refractivity contribution in [3.63, 3.8) is 0 Å². The van der Waals surface area contributed by atoms with Crippen molar-refractivity contribution in [2.75, 3.05) is 19.7 Å². The van der Waals surface area contributed by atoms with Crippen molar-refractivity contribution >= 4 is 0 Å². The molecule has 0 radical (unpaired) electrons. The first-order chi connectivity index (χ1) is 7.36. The fourth-order valence-corrected chi connectivity index (χ4v) is 2.30. The minimum atomic E-state index is 0.146. The smallest absolute Gasteiger partial charge is 0.0628 e. The molecule has 0 amide bonds. The summed E-state index contributed by atoms with van der Waals surface area (Å²) in [7, 11) is 0. The zero-order chi connectivity index (χ0) is 10.7. The highest BCUT2D eigenvalue weighted by atomic mass is 16.3. The molecule has 1 aromatic rings. The summed E-state index contributed by atoms with van der Waals surface area (Å²) in [4.78, 5) is 2.27. The number of hydrogen-bond acceptors (Lipinski definition) is 2. The average Bonchev–Trinajstić information content (AvgIpc) is 2.29. The van der Waals surface area contributed by atoms with Crippen molar-refractivity contribution in [3.05, 3.63) is 48.0 Å². The molecule has 2 nitrogen and oxygen atoms in total. The fourth-order valence-electron chi connectivity index (χ4n) is 2.30. The molecule has 1 N–H and O–H groups in total.